The average Bonchev–Trinajstić information content (AvgIpc) is 2.86. The van der Waals surface area contributed by atoms with E-state index in [-0.39, 0.29) is 0 Å². The van der Waals surface area contributed by atoms with Gasteiger partial charge >= 0.3 is 0 Å². The van der Waals surface area contributed by atoms with Crippen LogP contribution < -0.4 is 10.5 Å². The Morgan fingerprint density at radius 2 is 1.94 bits per heavy atom. The minimum Gasteiger partial charge on any atom is -0.494 e. The third-order valence-electron chi connectivity index (χ3n) is 2.52. The molecule has 2 nitrogen and oxygen atoms in total. The lowest BCUT2D eigenvalue weighted by Crippen LogP contribution is -1.94. The van der Waals surface area contributed by atoms with Gasteiger partial charge in [-0.25, -0.2) is 0 Å². The lowest BCUT2D eigenvalue weighted by molar-refractivity contribution is 0.317. The number of rotatable bonds is 5. The monoisotopic (exact) mass is 247 g/mol. The Kier molecular flexibility index (Phi) is 4.18. The summed E-state index contributed by atoms with van der Waals surface area (Å²) in [4.78, 5) is 1.21. The predicted molar refractivity (Wildman–Crippen MR) is 73.4 cm³/mol. The zero-order valence-electron chi connectivity index (χ0n) is 9.98. The molecule has 0 saturated carbocycles. The number of hydrogen-bond donors (Lipinski definition) is 1. The third kappa shape index (κ3) is 3.08. The summed E-state index contributed by atoms with van der Waals surface area (Å²) >= 11 is 1.71. The minimum atomic E-state index is 0.613. The van der Waals surface area contributed by atoms with Crippen molar-refractivity contribution in [3.63, 3.8) is 0 Å². The normalized spacial score (nSPS) is 10.5. The topological polar surface area (TPSA) is 35.2 Å². The van der Waals surface area contributed by atoms with Crippen LogP contribution in [0.3, 0.4) is 0 Å². The van der Waals surface area contributed by atoms with Gasteiger partial charge in [0.2, 0.25) is 0 Å². The van der Waals surface area contributed by atoms with E-state index in [2.05, 4.69) is 30.5 Å². The first-order valence-electron chi connectivity index (χ1n) is 5.84. The van der Waals surface area contributed by atoms with Crippen LogP contribution in [-0.2, 0) is 6.54 Å². The molecule has 0 radical (unpaired) electrons. The van der Waals surface area contributed by atoms with Crippen molar-refractivity contribution in [3.8, 4) is 16.9 Å². The second-order valence-corrected chi connectivity index (χ2v) is 4.87. The first kappa shape index (κ1) is 12.1. The molecule has 0 saturated heterocycles. The molecule has 2 aromatic rings. The van der Waals surface area contributed by atoms with Gasteiger partial charge in [-0.3, -0.25) is 0 Å². The molecule has 0 aliphatic heterocycles. The van der Waals surface area contributed by atoms with Gasteiger partial charge < -0.3 is 10.5 Å². The highest BCUT2D eigenvalue weighted by Crippen LogP contribution is 2.27. The molecule has 0 aliphatic carbocycles. The SMILES string of the molecule is CCCOc1ccc(-c2csc(CN)c2)cc1. The fourth-order valence-corrected chi connectivity index (χ4v) is 2.38. The van der Waals surface area contributed by atoms with Crippen LogP contribution in [0.1, 0.15) is 18.2 Å². The van der Waals surface area contributed by atoms with E-state index >= 15 is 0 Å². The van der Waals surface area contributed by atoms with Crippen LogP contribution in [0.2, 0.25) is 0 Å². The number of benzene rings is 1. The van der Waals surface area contributed by atoms with Crippen LogP contribution in [0.5, 0.6) is 5.75 Å². The van der Waals surface area contributed by atoms with Crippen LogP contribution in [0, 0.1) is 0 Å². The minimum absolute atomic E-state index is 0.613. The maximum Gasteiger partial charge on any atom is 0.119 e. The van der Waals surface area contributed by atoms with Gasteiger partial charge in [0.05, 0.1) is 6.61 Å². The average molecular weight is 247 g/mol. The molecule has 0 amide bonds. The van der Waals surface area contributed by atoms with Crippen molar-refractivity contribution >= 4 is 11.3 Å². The van der Waals surface area contributed by atoms with Gasteiger partial charge in [0.1, 0.15) is 5.75 Å². The van der Waals surface area contributed by atoms with Crippen LogP contribution in [-0.4, -0.2) is 6.61 Å². The van der Waals surface area contributed by atoms with Gasteiger partial charge in [0.25, 0.3) is 0 Å². The molecule has 0 aliphatic rings. The summed E-state index contributed by atoms with van der Waals surface area (Å²) in [5, 5.41) is 2.14. The summed E-state index contributed by atoms with van der Waals surface area (Å²) in [6, 6.07) is 10.4. The van der Waals surface area contributed by atoms with Gasteiger partial charge in [-0.15, -0.1) is 11.3 Å². The number of hydrogen-bond acceptors (Lipinski definition) is 3. The Morgan fingerprint density at radius 3 is 2.53 bits per heavy atom. The van der Waals surface area contributed by atoms with Gasteiger partial charge in [-0.2, -0.15) is 0 Å². The van der Waals surface area contributed by atoms with Crippen molar-refractivity contribution in [3.05, 3.63) is 40.6 Å². The van der Waals surface area contributed by atoms with E-state index in [0.29, 0.717) is 6.54 Å². The van der Waals surface area contributed by atoms with Crippen LogP contribution in [0.15, 0.2) is 35.7 Å². The second kappa shape index (κ2) is 5.84. The fourth-order valence-electron chi connectivity index (χ4n) is 1.60. The molecule has 1 aromatic heterocycles. The molecular formula is C14H17NOS. The largest absolute Gasteiger partial charge is 0.494 e. The summed E-state index contributed by atoms with van der Waals surface area (Å²) in [5.74, 6) is 0.935. The highest BCUT2D eigenvalue weighted by atomic mass is 32.1. The molecule has 0 fully saturated rings. The molecule has 2 N–H and O–H groups in total. The van der Waals surface area contributed by atoms with Crippen LogP contribution in [0.25, 0.3) is 11.1 Å². The molecule has 0 bridgehead atoms. The van der Waals surface area contributed by atoms with Crippen LogP contribution in [0.4, 0.5) is 0 Å². The smallest absolute Gasteiger partial charge is 0.119 e. The molecule has 0 unspecified atom stereocenters. The lowest BCUT2D eigenvalue weighted by Gasteiger charge is -2.05. The Labute approximate surface area is 106 Å². The standard InChI is InChI=1S/C14H17NOS/c1-2-7-16-13-5-3-11(4-6-13)12-8-14(9-15)17-10-12/h3-6,8,10H,2,7,9,15H2,1H3. The zero-order valence-corrected chi connectivity index (χ0v) is 10.8. The summed E-state index contributed by atoms with van der Waals surface area (Å²) < 4.78 is 5.56. The van der Waals surface area contributed by atoms with E-state index in [1.807, 2.05) is 12.1 Å². The van der Waals surface area contributed by atoms with Crippen molar-refractivity contribution in [2.75, 3.05) is 6.61 Å². The molecule has 90 valence electrons. The van der Waals surface area contributed by atoms with E-state index < -0.39 is 0 Å². The molecule has 1 heterocycles. The summed E-state index contributed by atoms with van der Waals surface area (Å²) in [6.07, 6.45) is 1.03. The van der Waals surface area contributed by atoms with Crippen LogP contribution >= 0.6 is 11.3 Å². The third-order valence-corrected chi connectivity index (χ3v) is 3.47. The molecule has 0 atom stereocenters. The van der Waals surface area contributed by atoms with E-state index in [1.54, 1.807) is 11.3 Å². The molecular weight excluding hydrogens is 230 g/mol. The fraction of sp³-hybridized carbons (Fsp3) is 0.286. The van der Waals surface area contributed by atoms with Crippen molar-refractivity contribution in [2.24, 2.45) is 5.73 Å². The molecule has 1 aromatic carbocycles. The first-order chi connectivity index (χ1) is 8.33. The maximum absolute atomic E-state index is 5.61. The Morgan fingerprint density at radius 1 is 1.18 bits per heavy atom. The molecule has 2 rings (SSSR count). The highest BCUT2D eigenvalue weighted by Gasteiger charge is 2.01. The Hall–Kier alpha value is -1.32. The molecule has 0 spiro atoms. The van der Waals surface area contributed by atoms with Crippen molar-refractivity contribution in [1.29, 1.82) is 0 Å². The molecule has 3 heteroatoms. The van der Waals surface area contributed by atoms with E-state index in [9.17, 15) is 0 Å². The number of ether oxygens (including phenoxy) is 1. The van der Waals surface area contributed by atoms with Crippen molar-refractivity contribution < 1.29 is 4.74 Å². The summed E-state index contributed by atoms with van der Waals surface area (Å²) in [6.45, 7) is 3.49. The Balaban J connectivity index is 2.11. The quantitative estimate of drug-likeness (QED) is 0.875. The van der Waals surface area contributed by atoms with Gasteiger partial charge in [-0.05, 0) is 41.1 Å². The number of thiophene rings is 1. The predicted octanol–water partition coefficient (Wildman–Crippen LogP) is 3.66. The van der Waals surface area contributed by atoms with Gasteiger partial charge in [0, 0.05) is 11.4 Å². The highest BCUT2D eigenvalue weighted by molar-refractivity contribution is 7.10. The van der Waals surface area contributed by atoms with E-state index in [4.69, 9.17) is 10.5 Å². The van der Waals surface area contributed by atoms with Crippen molar-refractivity contribution in [1.82, 2.24) is 0 Å². The summed E-state index contributed by atoms with van der Waals surface area (Å²) in [5.41, 5.74) is 8.06. The maximum atomic E-state index is 5.61. The van der Waals surface area contributed by atoms with E-state index in [0.717, 1.165) is 18.8 Å². The number of nitrogens with two attached hydrogens (primary N) is 1. The van der Waals surface area contributed by atoms with Crippen molar-refractivity contribution in [2.45, 2.75) is 19.9 Å². The molecule has 17 heavy (non-hydrogen) atoms. The first-order valence-corrected chi connectivity index (χ1v) is 6.72. The van der Waals surface area contributed by atoms with Gasteiger partial charge in [-0.1, -0.05) is 19.1 Å². The van der Waals surface area contributed by atoms with E-state index in [1.165, 1.54) is 16.0 Å². The zero-order chi connectivity index (χ0) is 12.1. The second-order valence-electron chi connectivity index (χ2n) is 3.88. The summed E-state index contributed by atoms with van der Waals surface area (Å²) in [7, 11) is 0. The Bertz CT molecular complexity index is 461. The van der Waals surface area contributed by atoms with Gasteiger partial charge in [0.15, 0.2) is 0 Å². The lowest BCUT2D eigenvalue weighted by atomic mass is 10.1.